The minimum absolute atomic E-state index is 0.478. The number of pyridine rings is 1. The molecule has 0 radical (unpaired) electrons. The van der Waals surface area contributed by atoms with E-state index in [0.717, 1.165) is 11.1 Å². The normalized spacial score (nSPS) is 24.6. The molecular formula is C11H16ClN3S. The predicted molar refractivity (Wildman–Crippen MR) is 72.2 cm³/mol. The number of hydrogen-bond acceptors (Lipinski definition) is 4. The van der Waals surface area contributed by atoms with Crippen LogP contribution in [0, 0.1) is 0 Å². The molecule has 1 heterocycles. The molecule has 2 unspecified atom stereocenters. The van der Waals surface area contributed by atoms with Gasteiger partial charge < -0.3 is 11.1 Å². The van der Waals surface area contributed by atoms with Gasteiger partial charge in [0.05, 0.1) is 5.69 Å². The van der Waals surface area contributed by atoms with E-state index in [-0.39, 0.29) is 0 Å². The maximum atomic E-state index is 5.85. The molecule has 1 fully saturated rings. The Bertz CT molecular complexity index is 372. The van der Waals surface area contributed by atoms with E-state index in [1.165, 1.54) is 19.3 Å². The van der Waals surface area contributed by atoms with Crippen molar-refractivity contribution in [2.75, 3.05) is 17.3 Å². The third kappa shape index (κ3) is 2.74. The van der Waals surface area contributed by atoms with Crippen LogP contribution in [0.1, 0.15) is 19.3 Å². The molecule has 88 valence electrons. The van der Waals surface area contributed by atoms with Gasteiger partial charge in [-0.3, -0.25) is 0 Å². The second-order valence-electron chi connectivity index (χ2n) is 4.08. The van der Waals surface area contributed by atoms with E-state index in [1.807, 2.05) is 11.8 Å². The van der Waals surface area contributed by atoms with Gasteiger partial charge in [0, 0.05) is 11.3 Å². The molecule has 1 aliphatic rings. The summed E-state index contributed by atoms with van der Waals surface area (Å²) in [5.41, 5.74) is 6.51. The Labute approximate surface area is 105 Å². The number of rotatable bonds is 3. The molecule has 0 saturated heterocycles. The van der Waals surface area contributed by atoms with Crippen LogP contribution in [0.4, 0.5) is 11.5 Å². The number of nitrogens with one attached hydrogen (secondary N) is 1. The summed E-state index contributed by atoms with van der Waals surface area (Å²) in [6.45, 7) is 0. The first-order valence-electron chi connectivity index (χ1n) is 5.40. The van der Waals surface area contributed by atoms with Crippen molar-refractivity contribution in [1.82, 2.24) is 4.98 Å². The summed E-state index contributed by atoms with van der Waals surface area (Å²) in [5, 5.41) is 4.62. The number of nitrogens with two attached hydrogens (primary N) is 1. The Hall–Kier alpha value is -0.610. The molecule has 3 nitrogen and oxygen atoms in total. The van der Waals surface area contributed by atoms with Crippen LogP contribution in [0.3, 0.4) is 0 Å². The molecule has 1 aliphatic carbocycles. The maximum absolute atomic E-state index is 5.85. The van der Waals surface area contributed by atoms with E-state index >= 15 is 0 Å². The van der Waals surface area contributed by atoms with Gasteiger partial charge >= 0.3 is 0 Å². The van der Waals surface area contributed by atoms with Crippen LogP contribution < -0.4 is 11.1 Å². The van der Waals surface area contributed by atoms with Crippen LogP contribution in [0.15, 0.2) is 12.1 Å². The summed E-state index contributed by atoms with van der Waals surface area (Å²) in [6, 6.07) is 3.98. The summed E-state index contributed by atoms with van der Waals surface area (Å²) in [5.74, 6) is 0.722. The summed E-state index contributed by atoms with van der Waals surface area (Å²) >= 11 is 7.78. The first kappa shape index (κ1) is 11.9. The highest BCUT2D eigenvalue weighted by molar-refractivity contribution is 7.99. The minimum atomic E-state index is 0.478. The molecule has 1 saturated carbocycles. The first-order valence-corrected chi connectivity index (χ1v) is 7.07. The smallest absolute Gasteiger partial charge is 0.151 e. The number of aromatic nitrogens is 1. The second-order valence-corrected chi connectivity index (χ2v) is 5.61. The average molecular weight is 258 g/mol. The quantitative estimate of drug-likeness (QED) is 0.818. The van der Waals surface area contributed by atoms with Gasteiger partial charge in [0.1, 0.15) is 5.15 Å². The maximum Gasteiger partial charge on any atom is 0.151 e. The molecular weight excluding hydrogens is 242 g/mol. The lowest BCUT2D eigenvalue weighted by Gasteiger charge is -2.15. The Morgan fingerprint density at radius 2 is 2.31 bits per heavy atom. The zero-order valence-electron chi connectivity index (χ0n) is 9.24. The van der Waals surface area contributed by atoms with Crippen molar-refractivity contribution in [2.45, 2.75) is 30.6 Å². The van der Waals surface area contributed by atoms with Gasteiger partial charge in [-0.15, -0.1) is 0 Å². The van der Waals surface area contributed by atoms with E-state index in [2.05, 4.69) is 16.6 Å². The van der Waals surface area contributed by atoms with Crippen molar-refractivity contribution in [3.8, 4) is 0 Å². The number of hydrogen-bond donors (Lipinski definition) is 2. The number of nitrogen functional groups attached to an aromatic ring is 1. The van der Waals surface area contributed by atoms with Crippen molar-refractivity contribution in [1.29, 1.82) is 0 Å². The Balaban J connectivity index is 2.01. The third-order valence-electron chi connectivity index (χ3n) is 2.95. The van der Waals surface area contributed by atoms with Crippen LogP contribution in [-0.2, 0) is 0 Å². The fourth-order valence-corrected chi connectivity index (χ4v) is 2.98. The largest absolute Gasteiger partial charge is 0.396 e. The highest BCUT2D eigenvalue weighted by atomic mass is 35.5. The van der Waals surface area contributed by atoms with Crippen molar-refractivity contribution in [3.05, 3.63) is 17.3 Å². The summed E-state index contributed by atoms with van der Waals surface area (Å²) in [4.78, 5) is 4.21. The first-order chi connectivity index (χ1) is 7.69. The van der Waals surface area contributed by atoms with Gasteiger partial charge in [-0.1, -0.05) is 11.6 Å². The monoisotopic (exact) mass is 257 g/mol. The third-order valence-corrected chi connectivity index (χ3v) is 4.26. The SMILES string of the molecule is CSC1CCC(Nc2nc(Cl)ccc2N)C1. The van der Waals surface area contributed by atoms with E-state index in [4.69, 9.17) is 17.3 Å². The van der Waals surface area contributed by atoms with Crippen LogP contribution in [0.2, 0.25) is 5.15 Å². The van der Waals surface area contributed by atoms with Crippen molar-refractivity contribution < 1.29 is 0 Å². The molecule has 0 aliphatic heterocycles. The lowest BCUT2D eigenvalue weighted by Crippen LogP contribution is -2.18. The highest BCUT2D eigenvalue weighted by Crippen LogP contribution is 2.31. The summed E-state index contributed by atoms with van der Waals surface area (Å²) < 4.78 is 0. The Kier molecular flexibility index (Phi) is 3.82. The van der Waals surface area contributed by atoms with Crippen molar-refractivity contribution >= 4 is 34.9 Å². The van der Waals surface area contributed by atoms with Crippen molar-refractivity contribution in [3.63, 3.8) is 0 Å². The van der Waals surface area contributed by atoms with E-state index < -0.39 is 0 Å². The van der Waals surface area contributed by atoms with Gasteiger partial charge in [0.2, 0.25) is 0 Å². The summed E-state index contributed by atoms with van der Waals surface area (Å²) in [6.07, 6.45) is 5.78. The molecule has 2 atom stereocenters. The van der Waals surface area contributed by atoms with Gasteiger partial charge in [-0.25, -0.2) is 4.98 Å². The van der Waals surface area contributed by atoms with Crippen LogP contribution in [-0.4, -0.2) is 22.5 Å². The highest BCUT2D eigenvalue weighted by Gasteiger charge is 2.24. The average Bonchev–Trinajstić information content (AvgIpc) is 2.71. The van der Waals surface area contributed by atoms with E-state index in [1.54, 1.807) is 12.1 Å². The van der Waals surface area contributed by atoms with Crippen LogP contribution in [0.25, 0.3) is 0 Å². The molecule has 3 N–H and O–H groups in total. The summed E-state index contributed by atoms with van der Waals surface area (Å²) in [7, 11) is 0. The van der Waals surface area contributed by atoms with E-state index in [9.17, 15) is 0 Å². The van der Waals surface area contributed by atoms with Gasteiger partial charge in [-0.05, 0) is 37.7 Å². The fraction of sp³-hybridized carbons (Fsp3) is 0.545. The second kappa shape index (κ2) is 5.15. The molecule has 0 spiro atoms. The van der Waals surface area contributed by atoms with E-state index in [0.29, 0.717) is 16.9 Å². The minimum Gasteiger partial charge on any atom is -0.396 e. The predicted octanol–water partition coefficient (Wildman–Crippen LogP) is 3.01. The fourth-order valence-electron chi connectivity index (χ4n) is 2.04. The van der Waals surface area contributed by atoms with Gasteiger partial charge in [-0.2, -0.15) is 11.8 Å². The topological polar surface area (TPSA) is 50.9 Å². The van der Waals surface area contributed by atoms with Crippen LogP contribution >= 0.6 is 23.4 Å². The molecule has 2 rings (SSSR count). The molecule has 0 bridgehead atoms. The molecule has 1 aromatic heterocycles. The number of nitrogens with zero attached hydrogens (tertiary/aromatic N) is 1. The zero-order valence-corrected chi connectivity index (χ0v) is 10.8. The van der Waals surface area contributed by atoms with Gasteiger partial charge in [0.25, 0.3) is 0 Å². The number of anilines is 2. The lowest BCUT2D eigenvalue weighted by molar-refractivity contribution is 0.753. The Morgan fingerprint density at radius 1 is 1.50 bits per heavy atom. The Morgan fingerprint density at radius 3 is 3.00 bits per heavy atom. The zero-order chi connectivity index (χ0) is 11.5. The molecule has 0 amide bonds. The van der Waals surface area contributed by atoms with Gasteiger partial charge in [0.15, 0.2) is 5.82 Å². The molecule has 5 heteroatoms. The molecule has 0 aromatic carbocycles. The molecule has 1 aromatic rings. The molecule has 16 heavy (non-hydrogen) atoms. The van der Waals surface area contributed by atoms with Crippen LogP contribution in [0.5, 0.6) is 0 Å². The lowest BCUT2D eigenvalue weighted by atomic mass is 10.2. The number of halogens is 1. The standard InChI is InChI=1S/C11H16ClN3S/c1-16-8-3-2-7(6-8)14-11-9(13)4-5-10(12)15-11/h4-5,7-8H,2-3,6,13H2,1H3,(H,14,15). The number of thioether (sulfide) groups is 1. The van der Waals surface area contributed by atoms with Crippen molar-refractivity contribution in [2.24, 2.45) is 0 Å².